The van der Waals surface area contributed by atoms with Crippen molar-refractivity contribution in [1.29, 1.82) is 0 Å². The van der Waals surface area contributed by atoms with E-state index in [1.165, 1.54) is 10.6 Å². The zero-order valence-electron chi connectivity index (χ0n) is 24.6. The number of carboxylic acids is 1. The lowest BCUT2D eigenvalue weighted by Crippen LogP contribution is -2.53. The molecule has 1 fully saturated rings. The third-order valence-electron chi connectivity index (χ3n) is 8.24. The number of halogens is 6. The second-order valence-electron chi connectivity index (χ2n) is 11.1. The molecule has 2 aliphatic heterocycles. The van der Waals surface area contributed by atoms with Gasteiger partial charge in [-0.05, 0) is 49.1 Å². The Hall–Kier alpha value is -4.17. The van der Waals surface area contributed by atoms with E-state index in [1.54, 1.807) is 26.1 Å². The molecular weight excluding hydrogens is 641 g/mol. The van der Waals surface area contributed by atoms with Gasteiger partial charge in [0.15, 0.2) is 0 Å². The fourth-order valence-corrected chi connectivity index (χ4v) is 5.93. The number of amides is 1. The van der Waals surface area contributed by atoms with E-state index in [1.807, 2.05) is 0 Å². The van der Waals surface area contributed by atoms with Crippen LogP contribution >= 0.6 is 11.6 Å². The number of hydrogen-bond acceptors (Lipinski definition) is 6. The number of pyridine rings is 1. The summed E-state index contributed by atoms with van der Waals surface area (Å²) in [6, 6.07) is 2.11. The molecule has 1 aromatic heterocycles. The molecule has 2 N–H and O–H groups in total. The summed E-state index contributed by atoms with van der Waals surface area (Å²) in [6.07, 6.45) is -4.00. The number of carboxylic acid groups (broad SMARTS) is 1. The number of anilines is 1. The van der Waals surface area contributed by atoms with Crippen molar-refractivity contribution in [3.05, 3.63) is 79.7 Å². The summed E-state index contributed by atoms with van der Waals surface area (Å²) in [5, 5.41) is 12.4. The van der Waals surface area contributed by atoms with Crippen molar-refractivity contribution < 1.29 is 46.1 Å². The van der Waals surface area contributed by atoms with Crippen molar-refractivity contribution in [2.24, 2.45) is 7.05 Å². The van der Waals surface area contributed by atoms with Crippen LogP contribution in [-0.4, -0.2) is 66.2 Å². The number of nitrogens with zero attached hydrogens (tertiary/aromatic N) is 2. The Kier molecular flexibility index (Phi) is 9.32. The number of rotatable bonds is 7. The number of carbonyl (C=O) groups is 2. The molecule has 0 saturated carbocycles. The molecule has 2 atom stereocenters. The van der Waals surface area contributed by atoms with Gasteiger partial charge in [0.25, 0.3) is 11.5 Å². The average Bonchev–Trinajstić information content (AvgIpc) is 3.01. The fraction of sp³-hybridized carbons (Fsp3) is 0.387. The summed E-state index contributed by atoms with van der Waals surface area (Å²) in [5.74, 6) is -5.46. The molecule has 0 bridgehead atoms. The molecule has 0 aliphatic carbocycles. The van der Waals surface area contributed by atoms with Crippen LogP contribution in [0, 0.1) is 18.6 Å². The van der Waals surface area contributed by atoms with Crippen LogP contribution in [0.3, 0.4) is 0 Å². The van der Waals surface area contributed by atoms with Crippen molar-refractivity contribution in [1.82, 2.24) is 9.88 Å². The molecule has 2 aliphatic rings. The zero-order valence-corrected chi connectivity index (χ0v) is 25.4. The normalized spacial score (nSPS) is 17.2. The molecule has 0 radical (unpaired) electrons. The Morgan fingerprint density at radius 3 is 2.48 bits per heavy atom. The molecule has 5 rings (SSSR count). The third kappa shape index (κ3) is 6.41. The minimum absolute atomic E-state index is 0.108. The number of aliphatic carboxylic acids is 1. The molecule has 46 heavy (non-hydrogen) atoms. The predicted octanol–water partition coefficient (Wildman–Crippen LogP) is 4.81. The Morgan fingerprint density at radius 1 is 1.13 bits per heavy atom. The van der Waals surface area contributed by atoms with E-state index in [2.05, 4.69) is 5.32 Å². The van der Waals surface area contributed by atoms with E-state index in [4.69, 9.17) is 21.1 Å². The smallest absolute Gasteiger partial charge is 0.411 e. The quantitative estimate of drug-likeness (QED) is 0.348. The Morgan fingerprint density at radius 2 is 1.83 bits per heavy atom. The van der Waals surface area contributed by atoms with Gasteiger partial charge in [-0.1, -0.05) is 23.7 Å². The molecule has 3 aromatic rings. The first-order valence-corrected chi connectivity index (χ1v) is 14.6. The number of hydrogen-bond donors (Lipinski definition) is 2. The first-order chi connectivity index (χ1) is 21.7. The van der Waals surface area contributed by atoms with E-state index in [0.717, 1.165) is 4.90 Å². The second kappa shape index (κ2) is 12.9. The first kappa shape index (κ1) is 33.2. The van der Waals surface area contributed by atoms with Gasteiger partial charge in [-0.3, -0.25) is 9.59 Å². The number of alkyl halides is 3. The van der Waals surface area contributed by atoms with E-state index in [-0.39, 0.29) is 30.7 Å². The Balaban J connectivity index is 1.43. The second-order valence-corrected chi connectivity index (χ2v) is 11.5. The van der Waals surface area contributed by atoms with Gasteiger partial charge in [-0.25, -0.2) is 13.6 Å². The molecule has 246 valence electrons. The van der Waals surface area contributed by atoms with E-state index < -0.39 is 59.6 Å². The highest BCUT2D eigenvalue weighted by Crippen LogP contribution is 2.39. The van der Waals surface area contributed by atoms with Crippen LogP contribution in [0.25, 0.3) is 11.1 Å². The standard InChI is InChI=1S/C31H29ClF5N3O6/c1-15-21(32)13-20(29(42)39(15)2)19-6-5-16(18-4-3-8-46-27(18)19)10-24(30(43)44)38-28(41)26-22(33)11-17(12-23(26)34)40-7-9-45-14-25(40)31(35,36)37/h5-6,11-13,24-25H,3-4,7-10,14H2,1-2H3,(H,38,41)(H,43,44)/t24-,25+/m0/s1. The van der Waals surface area contributed by atoms with Gasteiger partial charge < -0.3 is 29.4 Å². The number of fused-ring (bicyclic) bond motifs is 1. The summed E-state index contributed by atoms with van der Waals surface area (Å²) in [7, 11) is 1.58. The molecule has 9 nitrogen and oxygen atoms in total. The number of benzene rings is 2. The summed E-state index contributed by atoms with van der Waals surface area (Å²) in [4.78, 5) is 39.0. The zero-order chi connectivity index (χ0) is 33.5. The monoisotopic (exact) mass is 669 g/mol. The van der Waals surface area contributed by atoms with Gasteiger partial charge in [-0.2, -0.15) is 13.2 Å². The van der Waals surface area contributed by atoms with E-state index in [9.17, 15) is 32.7 Å². The van der Waals surface area contributed by atoms with E-state index in [0.29, 0.717) is 64.7 Å². The van der Waals surface area contributed by atoms with Crippen LogP contribution in [0.1, 0.15) is 33.6 Å². The number of ether oxygens (including phenoxy) is 2. The third-order valence-corrected chi connectivity index (χ3v) is 8.62. The summed E-state index contributed by atoms with van der Waals surface area (Å²) < 4.78 is 83.0. The maximum absolute atomic E-state index is 15.1. The lowest BCUT2D eigenvalue weighted by atomic mass is 9.90. The minimum atomic E-state index is -4.75. The van der Waals surface area contributed by atoms with Gasteiger partial charge in [0, 0.05) is 37.0 Å². The number of morpholine rings is 1. The van der Waals surface area contributed by atoms with Crippen LogP contribution in [0.15, 0.2) is 35.1 Å². The summed E-state index contributed by atoms with van der Waals surface area (Å²) >= 11 is 6.34. The van der Waals surface area contributed by atoms with Crippen molar-refractivity contribution in [2.75, 3.05) is 31.3 Å². The number of nitrogens with one attached hydrogen (secondary N) is 1. The molecule has 1 saturated heterocycles. The lowest BCUT2D eigenvalue weighted by molar-refractivity contribution is -0.167. The van der Waals surface area contributed by atoms with Crippen molar-refractivity contribution in [3.63, 3.8) is 0 Å². The largest absolute Gasteiger partial charge is 0.493 e. The maximum Gasteiger partial charge on any atom is 0.411 e. The molecule has 15 heteroatoms. The lowest BCUT2D eigenvalue weighted by Gasteiger charge is -2.38. The predicted molar refractivity (Wildman–Crippen MR) is 158 cm³/mol. The summed E-state index contributed by atoms with van der Waals surface area (Å²) in [5.41, 5.74) is 0.462. The van der Waals surface area contributed by atoms with Gasteiger partial charge in [0.05, 0.1) is 30.4 Å². The molecule has 0 spiro atoms. The van der Waals surface area contributed by atoms with Gasteiger partial charge >= 0.3 is 12.1 Å². The van der Waals surface area contributed by atoms with Crippen LogP contribution in [0.4, 0.5) is 27.6 Å². The van der Waals surface area contributed by atoms with Crippen molar-refractivity contribution in [3.8, 4) is 16.9 Å². The average molecular weight is 670 g/mol. The van der Waals surface area contributed by atoms with Crippen LogP contribution in [-0.2, 0) is 29.4 Å². The van der Waals surface area contributed by atoms with Crippen LogP contribution in [0.5, 0.6) is 5.75 Å². The highest BCUT2D eigenvalue weighted by Gasteiger charge is 2.46. The Labute approximate surface area is 264 Å². The van der Waals surface area contributed by atoms with Gasteiger partial charge in [0.2, 0.25) is 0 Å². The van der Waals surface area contributed by atoms with Gasteiger partial charge in [0.1, 0.15) is 35.0 Å². The molecule has 2 aromatic carbocycles. The van der Waals surface area contributed by atoms with Crippen molar-refractivity contribution in [2.45, 2.75) is 44.4 Å². The minimum Gasteiger partial charge on any atom is -0.493 e. The van der Waals surface area contributed by atoms with Crippen LogP contribution < -0.4 is 20.5 Å². The fourth-order valence-electron chi connectivity index (χ4n) is 5.69. The first-order valence-electron chi connectivity index (χ1n) is 14.3. The highest BCUT2D eigenvalue weighted by molar-refractivity contribution is 6.31. The summed E-state index contributed by atoms with van der Waals surface area (Å²) in [6.45, 7) is 0.894. The van der Waals surface area contributed by atoms with E-state index >= 15 is 8.78 Å². The molecule has 0 unspecified atom stereocenters. The molecule has 1 amide bonds. The molecule has 3 heterocycles. The topological polar surface area (TPSA) is 110 Å². The van der Waals surface area contributed by atoms with Crippen LogP contribution in [0.2, 0.25) is 5.02 Å². The molecular formula is C31H29ClF5N3O6. The van der Waals surface area contributed by atoms with Gasteiger partial charge in [-0.15, -0.1) is 0 Å². The Bertz CT molecular complexity index is 1740. The van der Waals surface area contributed by atoms with Crippen molar-refractivity contribution >= 4 is 29.2 Å². The number of aromatic nitrogens is 1. The SMILES string of the molecule is Cc1c(Cl)cc(-c2ccc(C[C@H](NC(=O)c3c(F)cc(N4CCOC[C@@H]4C(F)(F)F)cc3F)C(=O)O)c3c2OCCC3)c(=O)n1C. The maximum atomic E-state index is 15.1. The number of carbonyl (C=O) groups excluding carboxylic acids is 1. The highest BCUT2D eigenvalue weighted by atomic mass is 35.5.